The summed E-state index contributed by atoms with van der Waals surface area (Å²) in [4.78, 5) is 42.1. The van der Waals surface area contributed by atoms with Gasteiger partial charge in [0.1, 0.15) is 12.3 Å². The Balaban J connectivity index is 1.89. The van der Waals surface area contributed by atoms with Crippen molar-refractivity contribution in [3.8, 4) is 0 Å². The van der Waals surface area contributed by atoms with Crippen LogP contribution in [0.25, 0.3) is 0 Å². The second kappa shape index (κ2) is 11.2. The van der Waals surface area contributed by atoms with E-state index in [4.69, 9.17) is 17.2 Å². The SMILES string of the molecule is NC(N)=NCCC[C@@H](C=O)NC(=O)[C@@H]1CCCN1C(=O)CC(N)c1ccccc1. The van der Waals surface area contributed by atoms with E-state index in [1.54, 1.807) is 4.90 Å². The minimum absolute atomic E-state index is 0.00879. The van der Waals surface area contributed by atoms with Crippen LogP contribution in [0.15, 0.2) is 35.3 Å². The number of benzene rings is 1. The van der Waals surface area contributed by atoms with Crippen molar-refractivity contribution in [3.05, 3.63) is 35.9 Å². The Morgan fingerprint density at radius 3 is 2.66 bits per heavy atom. The lowest BCUT2D eigenvalue weighted by Gasteiger charge is -2.26. The third kappa shape index (κ3) is 6.86. The Hall–Kier alpha value is -2.94. The molecule has 1 aromatic rings. The molecule has 2 amide bonds. The van der Waals surface area contributed by atoms with Crippen molar-refractivity contribution < 1.29 is 14.4 Å². The zero-order valence-corrected chi connectivity index (χ0v) is 16.5. The van der Waals surface area contributed by atoms with Crippen molar-refractivity contribution in [1.82, 2.24) is 10.2 Å². The molecule has 0 bridgehead atoms. The molecule has 158 valence electrons. The van der Waals surface area contributed by atoms with Crippen molar-refractivity contribution in [2.24, 2.45) is 22.2 Å². The summed E-state index contributed by atoms with van der Waals surface area (Å²) in [5.41, 5.74) is 17.6. The first-order chi connectivity index (χ1) is 13.9. The second-order valence-electron chi connectivity index (χ2n) is 7.17. The first-order valence-corrected chi connectivity index (χ1v) is 9.83. The quantitative estimate of drug-likeness (QED) is 0.184. The van der Waals surface area contributed by atoms with E-state index in [1.165, 1.54) is 0 Å². The van der Waals surface area contributed by atoms with Crippen molar-refractivity contribution in [2.75, 3.05) is 13.1 Å². The fraction of sp³-hybridized carbons (Fsp3) is 0.500. The third-order valence-electron chi connectivity index (χ3n) is 4.96. The molecule has 1 aliphatic heterocycles. The highest BCUT2D eigenvalue weighted by atomic mass is 16.2. The van der Waals surface area contributed by atoms with Crippen LogP contribution < -0.4 is 22.5 Å². The van der Waals surface area contributed by atoms with Gasteiger partial charge in [0, 0.05) is 25.6 Å². The van der Waals surface area contributed by atoms with Crippen LogP contribution in [0.4, 0.5) is 0 Å². The molecule has 3 atom stereocenters. The van der Waals surface area contributed by atoms with E-state index in [2.05, 4.69) is 10.3 Å². The van der Waals surface area contributed by atoms with Gasteiger partial charge in [-0.2, -0.15) is 0 Å². The van der Waals surface area contributed by atoms with Crippen molar-refractivity contribution in [2.45, 2.75) is 50.2 Å². The Labute approximate surface area is 170 Å². The summed E-state index contributed by atoms with van der Waals surface area (Å²) in [7, 11) is 0. The van der Waals surface area contributed by atoms with E-state index < -0.39 is 18.1 Å². The molecule has 7 N–H and O–H groups in total. The maximum absolute atomic E-state index is 12.7. The molecule has 1 aromatic carbocycles. The highest BCUT2D eigenvalue weighted by Gasteiger charge is 2.35. The third-order valence-corrected chi connectivity index (χ3v) is 4.96. The van der Waals surface area contributed by atoms with Crippen molar-refractivity contribution in [1.29, 1.82) is 0 Å². The Morgan fingerprint density at radius 2 is 2.00 bits per heavy atom. The molecular formula is C20H30N6O3. The van der Waals surface area contributed by atoms with Gasteiger partial charge in [-0.05, 0) is 31.2 Å². The first-order valence-electron chi connectivity index (χ1n) is 9.83. The maximum atomic E-state index is 12.7. The number of aldehydes is 1. The van der Waals surface area contributed by atoms with Gasteiger partial charge in [-0.1, -0.05) is 30.3 Å². The fourth-order valence-electron chi connectivity index (χ4n) is 3.43. The predicted octanol–water partition coefficient (Wildman–Crippen LogP) is -0.195. The van der Waals surface area contributed by atoms with Crippen LogP contribution in [-0.2, 0) is 14.4 Å². The van der Waals surface area contributed by atoms with Gasteiger partial charge in [0.05, 0.1) is 6.04 Å². The normalized spacial score (nSPS) is 18.0. The van der Waals surface area contributed by atoms with Crippen molar-refractivity contribution in [3.63, 3.8) is 0 Å². The zero-order valence-electron chi connectivity index (χ0n) is 16.5. The number of amides is 2. The Bertz CT molecular complexity index is 720. The largest absolute Gasteiger partial charge is 0.370 e. The number of nitrogens with zero attached hydrogens (tertiary/aromatic N) is 2. The van der Waals surface area contributed by atoms with Gasteiger partial charge in [0.2, 0.25) is 11.8 Å². The van der Waals surface area contributed by atoms with Crippen LogP contribution in [0.2, 0.25) is 0 Å². The molecular weight excluding hydrogens is 372 g/mol. The molecule has 1 saturated heterocycles. The number of nitrogens with one attached hydrogen (secondary N) is 1. The number of carbonyl (C=O) groups is 3. The summed E-state index contributed by atoms with van der Waals surface area (Å²) in [5, 5.41) is 2.72. The smallest absolute Gasteiger partial charge is 0.243 e. The minimum Gasteiger partial charge on any atom is -0.370 e. The van der Waals surface area contributed by atoms with E-state index in [9.17, 15) is 14.4 Å². The summed E-state index contributed by atoms with van der Waals surface area (Å²) in [6.07, 6.45) is 3.11. The van der Waals surface area contributed by atoms with E-state index in [0.29, 0.717) is 38.6 Å². The average Bonchev–Trinajstić information content (AvgIpc) is 3.20. The number of aliphatic imine (C=N–C) groups is 1. The molecule has 9 heteroatoms. The molecule has 0 spiro atoms. The van der Waals surface area contributed by atoms with E-state index in [-0.39, 0.29) is 24.2 Å². The van der Waals surface area contributed by atoms with E-state index in [1.807, 2.05) is 30.3 Å². The van der Waals surface area contributed by atoms with Crippen LogP contribution in [0.1, 0.15) is 43.7 Å². The summed E-state index contributed by atoms with van der Waals surface area (Å²) >= 11 is 0. The molecule has 0 saturated carbocycles. The lowest BCUT2D eigenvalue weighted by molar-refractivity contribution is -0.139. The van der Waals surface area contributed by atoms with Gasteiger partial charge in [0.25, 0.3) is 0 Å². The number of likely N-dealkylation sites (tertiary alicyclic amines) is 1. The van der Waals surface area contributed by atoms with Crippen LogP contribution in [0.3, 0.4) is 0 Å². The lowest BCUT2D eigenvalue weighted by Crippen LogP contribution is -2.49. The lowest BCUT2D eigenvalue weighted by atomic mass is 10.0. The zero-order chi connectivity index (χ0) is 21.2. The summed E-state index contributed by atoms with van der Waals surface area (Å²) < 4.78 is 0. The van der Waals surface area contributed by atoms with Crippen LogP contribution in [0, 0.1) is 0 Å². The monoisotopic (exact) mass is 402 g/mol. The van der Waals surface area contributed by atoms with Gasteiger partial charge >= 0.3 is 0 Å². The molecule has 29 heavy (non-hydrogen) atoms. The fourth-order valence-corrected chi connectivity index (χ4v) is 3.43. The van der Waals surface area contributed by atoms with Gasteiger partial charge < -0.3 is 32.2 Å². The topological polar surface area (TPSA) is 157 Å². The molecule has 0 radical (unpaired) electrons. The predicted molar refractivity (Wildman–Crippen MR) is 111 cm³/mol. The van der Waals surface area contributed by atoms with Crippen LogP contribution in [0.5, 0.6) is 0 Å². The molecule has 1 unspecified atom stereocenters. The molecule has 1 aliphatic rings. The second-order valence-corrected chi connectivity index (χ2v) is 7.17. The number of hydrogen-bond donors (Lipinski definition) is 4. The molecule has 1 fully saturated rings. The number of rotatable bonds is 10. The van der Waals surface area contributed by atoms with Gasteiger partial charge in [0.15, 0.2) is 5.96 Å². The van der Waals surface area contributed by atoms with Gasteiger partial charge in [-0.25, -0.2) is 0 Å². The summed E-state index contributed by atoms with van der Waals surface area (Å²) in [5.74, 6) is -0.483. The Morgan fingerprint density at radius 1 is 1.28 bits per heavy atom. The molecule has 0 aliphatic carbocycles. The van der Waals surface area contributed by atoms with E-state index >= 15 is 0 Å². The standard InChI is InChI=1S/C20H30N6O3/c21-16(14-6-2-1-3-7-14)12-18(28)26-11-5-9-17(26)19(29)25-15(13-27)8-4-10-24-20(22)23/h1-3,6-7,13,15-17H,4-5,8-12,21H2,(H,25,29)(H4,22,23,24)/t15-,16?,17-/m0/s1. The average molecular weight is 402 g/mol. The highest BCUT2D eigenvalue weighted by Crippen LogP contribution is 2.22. The Kier molecular flexibility index (Phi) is 8.60. The number of nitrogens with two attached hydrogens (primary N) is 3. The molecule has 2 rings (SSSR count). The summed E-state index contributed by atoms with van der Waals surface area (Å²) in [6.45, 7) is 0.892. The minimum atomic E-state index is -0.638. The van der Waals surface area contributed by atoms with Gasteiger partial charge in [-0.15, -0.1) is 0 Å². The highest BCUT2D eigenvalue weighted by molar-refractivity contribution is 5.89. The maximum Gasteiger partial charge on any atom is 0.243 e. The first kappa shape index (κ1) is 22.4. The van der Waals surface area contributed by atoms with Gasteiger partial charge in [-0.3, -0.25) is 14.6 Å². The van der Waals surface area contributed by atoms with E-state index in [0.717, 1.165) is 12.0 Å². The van der Waals surface area contributed by atoms with Crippen LogP contribution >= 0.6 is 0 Å². The molecule has 9 nitrogen and oxygen atoms in total. The van der Waals surface area contributed by atoms with Crippen molar-refractivity contribution >= 4 is 24.1 Å². The number of guanidine groups is 1. The molecule has 0 aromatic heterocycles. The van der Waals surface area contributed by atoms with Crippen LogP contribution in [-0.4, -0.2) is 54.1 Å². The summed E-state index contributed by atoms with van der Waals surface area (Å²) in [6, 6.07) is 7.75. The molecule has 1 heterocycles. The number of carbonyl (C=O) groups excluding carboxylic acids is 3. The number of hydrogen-bond acceptors (Lipinski definition) is 5.